The molecular formula is C22H28N2O5. The van der Waals surface area contributed by atoms with E-state index in [-0.39, 0.29) is 18.2 Å². The number of carbonyl (C=O) groups is 2. The van der Waals surface area contributed by atoms with E-state index in [2.05, 4.69) is 10.6 Å². The van der Waals surface area contributed by atoms with Gasteiger partial charge in [-0.3, -0.25) is 9.59 Å². The Morgan fingerprint density at radius 1 is 0.966 bits per heavy atom. The van der Waals surface area contributed by atoms with Gasteiger partial charge in [0, 0.05) is 19.2 Å². The van der Waals surface area contributed by atoms with E-state index < -0.39 is 0 Å². The van der Waals surface area contributed by atoms with Crippen LogP contribution in [0, 0.1) is 13.8 Å². The molecule has 0 heterocycles. The van der Waals surface area contributed by atoms with Gasteiger partial charge < -0.3 is 24.8 Å². The van der Waals surface area contributed by atoms with Crippen LogP contribution in [0.15, 0.2) is 30.3 Å². The number of nitrogens with one attached hydrogen (secondary N) is 2. The summed E-state index contributed by atoms with van der Waals surface area (Å²) in [7, 11) is 4.48. The van der Waals surface area contributed by atoms with Crippen molar-refractivity contribution in [3.63, 3.8) is 0 Å². The van der Waals surface area contributed by atoms with Crippen molar-refractivity contribution in [2.75, 3.05) is 33.3 Å². The predicted molar refractivity (Wildman–Crippen MR) is 112 cm³/mol. The number of anilines is 1. The zero-order valence-electron chi connectivity index (χ0n) is 17.5. The lowest BCUT2D eigenvalue weighted by Gasteiger charge is -2.16. The van der Waals surface area contributed by atoms with Crippen LogP contribution in [-0.4, -0.2) is 39.8 Å². The third-order valence-electron chi connectivity index (χ3n) is 4.57. The van der Waals surface area contributed by atoms with Crippen LogP contribution in [0.3, 0.4) is 0 Å². The summed E-state index contributed by atoms with van der Waals surface area (Å²) in [6.45, 7) is 4.77. The van der Waals surface area contributed by atoms with Crippen molar-refractivity contribution in [3.05, 3.63) is 52.6 Å². The van der Waals surface area contributed by atoms with E-state index >= 15 is 0 Å². The van der Waals surface area contributed by atoms with Crippen molar-refractivity contribution >= 4 is 17.5 Å². The normalized spacial score (nSPS) is 10.4. The maximum atomic E-state index is 12.7. The Morgan fingerprint density at radius 2 is 1.72 bits per heavy atom. The molecule has 2 aromatic carbocycles. The number of rotatable bonds is 9. The van der Waals surface area contributed by atoms with Crippen LogP contribution in [0.1, 0.15) is 33.5 Å². The molecule has 156 valence electrons. The first-order valence-electron chi connectivity index (χ1n) is 9.28. The van der Waals surface area contributed by atoms with Crippen molar-refractivity contribution in [1.29, 1.82) is 0 Å². The fourth-order valence-electron chi connectivity index (χ4n) is 2.79. The average Bonchev–Trinajstić information content (AvgIpc) is 2.72. The molecule has 7 heteroatoms. The lowest BCUT2D eigenvalue weighted by Crippen LogP contribution is -2.23. The molecule has 0 aliphatic heterocycles. The van der Waals surface area contributed by atoms with Gasteiger partial charge in [0.05, 0.1) is 32.9 Å². The summed E-state index contributed by atoms with van der Waals surface area (Å²) < 4.78 is 15.6. The highest BCUT2D eigenvalue weighted by atomic mass is 16.5. The second-order valence-electron chi connectivity index (χ2n) is 6.65. The zero-order valence-corrected chi connectivity index (χ0v) is 17.5. The molecule has 2 aromatic rings. The Balaban J connectivity index is 2.21. The van der Waals surface area contributed by atoms with Crippen LogP contribution in [0.5, 0.6) is 11.5 Å². The monoisotopic (exact) mass is 400 g/mol. The number of aryl methyl sites for hydroxylation is 2. The molecule has 0 radical (unpaired) electrons. The minimum absolute atomic E-state index is 0.186. The van der Waals surface area contributed by atoms with Gasteiger partial charge >= 0.3 is 0 Å². The van der Waals surface area contributed by atoms with Crippen LogP contribution >= 0.6 is 0 Å². The Hall–Kier alpha value is -3.06. The Bertz CT molecular complexity index is 880. The lowest BCUT2D eigenvalue weighted by molar-refractivity contribution is -0.117. The SMILES string of the molecule is COCCC(=O)Nc1cc(C(=O)NCc2ccc(C)c(C)c2)cc(OC)c1OC. The summed E-state index contributed by atoms with van der Waals surface area (Å²) in [4.78, 5) is 24.8. The van der Waals surface area contributed by atoms with Crippen LogP contribution < -0.4 is 20.1 Å². The standard InChI is InChI=1S/C22H28N2O5/c1-14-6-7-16(10-15(14)2)13-23-22(26)17-11-18(24-20(25)8-9-27-3)21(29-5)19(12-17)28-4/h6-7,10-12H,8-9,13H2,1-5H3,(H,23,26)(H,24,25). The van der Waals surface area contributed by atoms with E-state index in [9.17, 15) is 9.59 Å². The Labute approximate surface area is 171 Å². The molecule has 0 aliphatic rings. The Morgan fingerprint density at radius 3 is 2.34 bits per heavy atom. The van der Waals surface area contributed by atoms with E-state index in [1.165, 1.54) is 32.5 Å². The van der Waals surface area contributed by atoms with Gasteiger partial charge in [0.15, 0.2) is 11.5 Å². The van der Waals surface area contributed by atoms with Crippen molar-refractivity contribution < 1.29 is 23.8 Å². The third-order valence-corrected chi connectivity index (χ3v) is 4.57. The van der Waals surface area contributed by atoms with Crippen molar-refractivity contribution in [2.45, 2.75) is 26.8 Å². The number of hydrogen-bond acceptors (Lipinski definition) is 5. The number of amides is 2. The molecule has 0 saturated heterocycles. The van der Waals surface area contributed by atoms with Crippen LogP contribution in [0.4, 0.5) is 5.69 Å². The molecule has 0 fully saturated rings. The molecule has 29 heavy (non-hydrogen) atoms. The van der Waals surface area contributed by atoms with Crippen molar-refractivity contribution in [2.24, 2.45) is 0 Å². The largest absolute Gasteiger partial charge is 0.493 e. The molecule has 0 spiro atoms. The average molecular weight is 400 g/mol. The van der Waals surface area contributed by atoms with E-state index in [1.54, 1.807) is 12.1 Å². The zero-order chi connectivity index (χ0) is 21.4. The van der Waals surface area contributed by atoms with Gasteiger partial charge in [-0.15, -0.1) is 0 Å². The fourth-order valence-corrected chi connectivity index (χ4v) is 2.79. The highest BCUT2D eigenvalue weighted by Crippen LogP contribution is 2.36. The first kappa shape index (κ1) is 22.2. The topological polar surface area (TPSA) is 85.9 Å². The van der Waals surface area contributed by atoms with Crippen molar-refractivity contribution in [3.8, 4) is 11.5 Å². The Kier molecular flexibility index (Phi) is 8.03. The van der Waals surface area contributed by atoms with Gasteiger partial charge in [-0.2, -0.15) is 0 Å². The van der Waals surface area contributed by atoms with Gasteiger partial charge in [0.2, 0.25) is 5.91 Å². The van der Waals surface area contributed by atoms with Crippen molar-refractivity contribution in [1.82, 2.24) is 5.32 Å². The highest BCUT2D eigenvalue weighted by Gasteiger charge is 2.18. The number of methoxy groups -OCH3 is 3. The summed E-state index contributed by atoms with van der Waals surface area (Å²) in [5.74, 6) is 0.175. The number of ether oxygens (including phenoxy) is 3. The third kappa shape index (κ3) is 5.96. The minimum atomic E-state index is -0.281. The molecule has 0 atom stereocenters. The minimum Gasteiger partial charge on any atom is -0.493 e. The van der Waals surface area contributed by atoms with Gasteiger partial charge in [-0.1, -0.05) is 18.2 Å². The van der Waals surface area contributed by atoms with Crippen LogP contribution in [0.25, 0.3) is 0 Å². The maximum absolute atomic E-state index is 12.7. The summed E-state index contributed by atoms with van der Waals surface area (Å²) in [6, 6.07) is 9.21. The van der Waals surface area contributed by atoms with E-state index in [1.807, 2.05) is 32.0 Å². The predicted octanol–water partition coefficient (Wildman–Crippen LogP) is 3.23. The quantitative estimate of drug-likeness (QED) is 0.675. The number of carbonyl (C=O) groups excluding carboxylic acids is 2. The number of hydrogen-bond donors (Lipinski definition) is 2. The molecule has 7 nitrogen and oxygen atoms in total. The molecule has 0 aromatic heterocycles. The molecule has 2 amide bonds. The van der Waals surface area contributed by atoms with E-state index in [0.717, 1.165) is 5.56 Å². The first-order chi connectivity index (χ1) is 13.9. The summed E-state index contributed by atoms with van der Waals surface area (Å²) in [5, 5.41) is 5.65. The maximum Gasteiger partial charge on any atom is 0.251 e. The number of benzene rings is 2. The van der Waals surface area contributed by atoms with Gasteiger partial charge in [-0.25, -0.2) is 0 Å². The molecule has 0 bridgehead atoms. The summed E-state index contributed by atoms with van der Waals surface area (Å²) >= 11 is 0. The van der Waals surface area contributed by atoms with Crippen LogP contribution in [-0.2, 0) is 16.1 Å². The second-order valence-corrected chi connectivity index (χ2v) is 6.65. The molecule has 0 saturated carbocycles. The van der Waals surface area contributed by atoms with Gasteiger partial charge in [0.25, 0.3) is 5.91 Å². The molecule has 0 aliphatic carbocycles. The molecular weight excluding hydrogens is 372 g/mol. The van der Waals surface area contributed by atoms with Crippen LogP contribution in [0.2, 0.25) is 0 Å². The second kappa shape index (κ2) is 10.5. The summed E-state index contributed by atoms with van der Waals surface area (Å²) in [6.07, 6.45) is 0.186. The van der Waals surface area contributed by atoms with E-state index in [0.29, 0.717) is 35.9 Å². The van der Waals surface area contributed by atoms with Gasteiger partial charge in [0.1, 0.15) is 0 Å². The molecule has 2 rings (SSSR count). The van der Waals surface area contributed by atoms with Gasteiger partial charge in [-0.05, 0) is 42.7 Å². The summed E-state index contributed by atoms with van der Waals surface area (Å²) in [5.41, 5.74) is 4.10. The highest BCUT2D eigenvalue weighted by molar-refractivity contribution is 5.99. The molecule has 0 unspecified atom stereocenters. The first-order valence-corrected chi connectivity index (χ1v) is 9.28. The van der Waals surface area contributed by atoms with E-state index in [4.69, 9.17) is 14.2 Å². The smallest absolute Gasteiger partial charge is 0.251 e. The lowest BCUT2D eigenvalue weighted by atomic mass is 10.1. The molecule has 2 N–H and O–H groups in total. The fraction of sp³-hybridized carbons (Fsp3) is 0.364.